The zero-order chi connectivity index (χ0) is 15.8. The average Bonchev–Trinajstić information content (AvgIpc) is 3.05. The van der Waals surface area contributed by atoms with Crippen LogP contribution in [0.15, 0.2) is 65.3 Å². The first kappa shape index (κ1) is 13.5. The van der Waals surface area contributed by atoms with E-state index in [0.29, 0.717) is 5.71 Å². The van der Waals surface area contributed by atoms with Gasteiger partial charge in [0.2, 0.25) is 0 Å². The molecule has 2 N–H and O–H groups in total. The topological polar surface area (TPSA) is 61.9 Å². The average molecular weight is 301 g/mol. The largest absolute Gasteiger partial charge is 0.463 e. The summed E-state index contributed by atoms with van der Waals surface area (Å²) in [5.41, 5.74) is 4.04. The van der Waals surface area contributed by atoms with E-state index in [1.807, 2.05) is 54.6 Å². The van der Waals surface area contributed by atoms with Gasteiger partial charge in [-0.3, -0.25) is 0 Å². The minimum absolute atomic E-state index is 0.536. The lowest BCUT2D eigenvalue weighted by molar-refractivity contribution is 0.619. The molecule has 0 saturated carbocycles. The van der Waals surface area contributed by atoms with Gasteiger partial charge in [-0.25, -0.2) is 4.98 Å². The van der Waals surface area contributed by atoms with E-state index in [4.69, 9.17) is 14.8 Å². The van der Waals surface area contributed by atoms with E-state index >= 15 is 0 Å². The first-order chi connectivity index (χ1) is 11.2. The number of nitrogens with one attached hydrogen (secondary N) is 2. The number of para-hydroxylation sites is 1. The van der Waals surface area contributed by atoms with Crippen LogP contribution in [0.1, 0.15) is 12.5 Å². The van der Waals surface area contributed by atoms with E-state index < -0.39 is 0 Å². The molecule has 0 aliphatic carbocycles. The van der Waals surface area contributed by atoms with Crippen molar-refractivity contribution >= 4 is 39.1 Å². The van der Waals surface area contributed by atoms with Gasteiger partial charge >= 0.3 is 0 Å². The minimum atomic E-state index is 0.536. The maximum absolute atomic E-state index is 7.77. The highest BCUT2D eigenvalue weighted by atomic mass is 16.3. The van der Waals surface area contributed by atoms with Gasteiger partial charge in [-0.2, -0.15) is 0 Å². The summed E-state index contributed by atoms with van der Waals surface area (Å²) >= 11 is 0. The first-order valence-electron chi connectivity index (χ1n) is 7.41. The Labute approximate surface area is 133 Å². The van der Waals surface area contributed by atoms with Crippen molar-refractivity contribution in [3.05, 3.63) is 66.4 Å². The minimum Gasteiger partial charge on any atom is -0.463 e. The van der Waals surface area contributed by atoms with Crippen molar-refractivity contribution in [2.75, 3.05) is 5.32 Å². The van der Waals surface area contributed by atoms with E-state index in [2.05, 4.69) is 5.32 Å². The number of benzene rings is 2. The van der Waals surface area contributed by atoms with Gasteiger partial charge in [0, 0.05) is 16.8 Å². The van der Waals surface area contributed by atoms with E-state index in [-0.39, 0.29) is 0 Å². The maximum atomic E-state index is 7.77. The molecule has 2 aromatic heterocycles. The lowest BCUT2D eigenvalue weighted by atomic mass is 10.1. The second kappa shape index (κ2) is 5.25. The number of anilines is 2. The zero-order valence-electron chi connectivity index (χ0n) is 12.6. The van der Waals surface area contributed by atoms with Gasteiger partial charge in [0.05, 0.1) is 17.2 Å². The number of pyridine rings is 1. The van der Waals surface area contributed by atoms with Crippen molar-refractivity contribution in [1.29, 1.82) is 5.41 Å². The Morgan fingerprint density at radius 1 is 1.04 bits per heavy atom. The Balaban J connectivity index is 1.86. The second-order valence-corrected chi connectivity index (χ2v) is 5.47. The van der Waals surface area contributed by atoms with E-state index in [9.17, 15) is 0 Å². The SMILES string of the molecule is CC(=N)c1cccc(Nc2nc3ccccc3c3occc23)c1. The molecule has 4 heteroatoms. The summed E-state index contributed by atoms with van der Waals surface area (Å²) in [7, 11) is 0. The molecule has 0 atom stereocenters. The molecule has 0 aliphatic heterocycles. The predicted molar refractivity (Wildman–Crippen MR) is 93.7 cm³/mol. The van der Waals surface area contributed by atoms with Gasteiger partial charge in [-0.15, -0.1) is 0 Å². The van der Waals surface area contributed by atoms with Crippen molar-refractivity contribution in [3.8, 4) is 0 Å². The van der Waals surface area contributed by atoms with Crippen molar-refractivity contribution < 1.29 is 4.42 Å². The summed E-state index contributed by atoms with van der Waals surface area (Å²) in [6, 6.07) is 17.6. The van der Waals surface area contributed by atoms with Crippen molar-refractivity contribution in [1.82, 2.24) is 4.98 Å². The molecule has 4 nitrogen and oxygen atoms in total. The number of hydrogen-bond donors (Lipinski definition) is 2. The van der Waals surface area contributed by atoms with Gasteiger partial charge in [-0.05, 0) is 42.8 Å². The molecule has 2 heterocycles. The Morgan fingerprint density at radius 3 is 2.78 bits per heavy atom. The molecule has 0 fully saturated rings. The van der Waals surface area contributed by atoms with Crippen LogP contribution in [-0.2, 0) is 0 Å². The van der Waals surface area contributed by atoms with Crippen LogP contribution in [0.5, 0.6) is 0 Å². The third-order valence-corrected chi connectivity index (χ3v) is 3.86. The first-order valence-corrected chi connectivity index (χ1v) is 7.41. The quantitative estimate of drug-likeness (QED) is 0.517. The van der Waals surface area contributed by atoms with Crippen LogP contribution in [0.4, 0.5) is 11.5 Å². The molecule has 112 valence electrons. The summed E-state index contributed by atoms with van der Waals surface area (Å²) < 4.78 is 5.66. The van der Waals surface area contributed by atoms with Crippen LogP contribution in [0.3, 0.4) is 0 Å². The van der Waals surface area contributed by atoms with Crippen molar-refractivity contribution in [3.63, 3.8) is 0 Å². The van der Waals surface area contributed by atoms with Gasteiger partial charge in [0.25, 0.3) is 0 Å². The van der Waals surface area contributed by atoms with E-state index in [1.165, 1.54) is 0 Å². The molecule has 0 unspecified atom stereocenters. The molecule has 0 saturated heterocycles. The highest BCUT2D eigenvalue weighted by Gasteiger charge is 2.11. The number of aromatic nitrogens is 1. The number of furan rings is 1. The van der Waals surface area contributed by atoms with E-state index in [1.54, 1.807) is 13.2 Å². The van der Waals surface area contributed by atoms with Crippen LogP contribution >= 0.6 is 0 Å². The molecular weight excluding hydrogens is 286 g/mol. The summed E-state index contributed by atoms with van der Waals surface area (Å²) in [4.78, 5) is 4.72. The molecule has 0 radical (unpaired) electrons. The maximum Gasteiger partial charge on any atom is 0.146 e. The molecule has 23 heavy (non-hydrogen) atoms. The van der Waals surface area contributed by atoms with Gasteiger partial charge in [-0.1, -0.05) is 24.3 Å². The van der Waals surface area contributed by atoms with Crippen LogP contribution in [0.25, 0.3) is 21.9 Å². The summed E-state index contributed by atoms with van der Waals surface area (Å²) in [5, 5.41) is 13.1. The molecule has 4 rings (SSSR count). The number of rotatable bonds is 3. The van der Waals surface area contributed by atoms with Crippen LogP contribution in [0.2, 0.25) is 0 Å². The van der Waals surface area contributed by atoms with Gasteiger partial charge in [0.1, 0.15) is 11.4 Å². The summed E-state index contributed by atoms with van der Waals surface area (Å²) in [5.74, 6) is 0.757. The molecular formula is C19H15N3O. The molecule has 4 aromatic rings. The fraction of sp³-hybridized carbons (Fsp3) is 0.0526. The zero-order valence-corrected chi connectivity index (χ0v) is 12.6. The lowest BCUT2D eigenvalue weighted by Crippen LogP contribution is -1.97. The van der Waals surface area contributed by atoms with Crippen LogP contribution in [-0.4, -0.2) is 10.7 Å². The Hall–Kier alpha value is -3.14. The van der Waals surface area contributed by atoms with Crippen molar-refractivity contribution in [2.24, 2.45) is 0 Å². The summed E-state index contributed by atoms with van der Waals surface area (Å²) in [6.07, 6.45) is 1.68. The number of nitrogens with zero attached hydrogens (tertiary/aromatic N) is 1. The molecule has 0 bridgehead atoms. The van der Waals surface area contributed by atoms with Gasteiger partial charge < -0.3 is 15.1 Å². The fourth-order valence-electron chi connectivity index (χ4n) is 2.71. The van der Waals surface area contributed by atoms with Crippen LogP contribution in [0, 0.1) is 5.41 Å². The molecule has 0 spiro atoms. The Morgan fingerprint density at radius 2 is 1.91 bits per heavy atom. The smallest absolute Gasteiger partial charge is 0.146 e. The normalized spacial score (nSPS) is 11.0. The monoisotopic (exact) mass is 301 g/mol. The number of hydrogen-bond acceptors (Lipinski definition) is 4. The second-order valence-electron chi connectivity index (χ2n) is 5.47. The lowest BCUT2D eigenvalue weighted by Gasteiger charge is -2.10. The fourth-order valence-corrected chi connectivity index (χ4v) is 2.71. The van der Waals surface area contributed by atoms with Crippen LogP contribution < -0.4 is 5.32 Å². The Bertz CT molecular complexity index is 1030. The third kappa shape index (κ3) is 2.34. The molecule has 0 aliphatic rings. The predicted octanol–water partition coefficient (Wildman–Crippen LogP) is 5.11. The standard InChI is InChI=1S/C19H15N3O/c1-12(20)13-5-4-6-14(11-13)21-19-16-9-10-23-18(16)15-7-2-3-8-17(15)22-19/h2-11,20H,1H3,(H,21,22). The Kier molecular flexibility index (Phi) is 3.08. The number of fused-ring (bicyclic) bond motifs is 3. The summed E-state index contributed by atoms with van der Waals surface area (Å²) in [6.45, 7) is 1.78. The highest BCUT2D eigenvalue weighted by Crippen LogP contribution is 2.31. The molecule has 0 amide bonds. The highest BCUT2D eigenvalue weighted by molar-refractivity contribution is 6.07. The van der Waals surface area contributed by atoms with Crippen molar-refractivity contribution in [2.45, 2.75) is 6.92 Å². The van der Waals surface area contributed by atoms with Gasteiger partial charge in [0.15, 0.2) is 0 Å². The molecule has 2 aromatic carbocycles. The third-order valence-electron chi connectivity index (χ3n) is 3.86. The van der Waals surface area contributed by atoms with E-state index in [0.717, 1.165) is 38.9 Å².